The van der Waals surface area contributed by atoms with E-state index in [1.807, 2.05) is 18.2 Å². The lowest BCUT2D eigenvalue weighted by atomic mass is 9.99. The second kappa shape index (κ2) is 12.9. The molecule has 0 aliphatic carbocycles. The van der Waals surface area contributed by atoms with Gasteiger partial charge in [-0.1, -0.05) is 43.3 Å². The van der Waals surface area contributed by atoms with Crippen LogP contribution in [0.1, 0.15) is 39.5 Å². The van der Waals surface area contributed by atoms with Crippen molar-refractivity contribution in [2.45, 2.75) is 44.2 Å². The first-order chi connectivity index (χ1) is 17.5. The minimum Gasteiger partial charge on any atom is -0.390 e. The molecule has 0 fully saturated rings. The molecule has 1 amide bonds. The van der Waals surface area contributed by atoms with Gasteiger partial charge in [0.1, 0.15) is 11.6 Å². The van der Waals surface area contributed by atoms with Gasteiger partial charge in [0.15, 0.2) is 9.84 Å². The Bertz CT molecular complexity index is 1310. The minimum absolute atomic E-state index is 0.0163. The largest absolute Gasteiger partial charge is 0.390 e. The number of aryl methyl sites for hydroxylation is 1. The van der Waals surface area contributed by atoms with Crippen LogP contribution in [0.2, 0.25) is 0 Å². The number of hydrogen-bond donors (Lipinski definition) is 3. The van der Waals surface area contributed by atoms with E-state index in [-0.39, 0.29) is 29.8 Å². The van der Waals surface area contributed by atoms with Crippen molar-refractivity contribution in [2.75, 3.05) is 12.8 Å². The molecule has 0 bridgehead atoms. The highest BCUT2D eigenvalue weighted by Gasteiger charge is 2.23. The van der Waals surface area contributed by atoms with Crippen LogP contribution in [0.5, 0.6) is 0 Å². The Morgan fingerprint density at radius 2 is 1.57 bits per heavy atom. The molecule has 198 valence electrons. The summed E-state index contributed by atoms with van der Waals surface area (Å²) in [6.45, 7) is 2.68. The summed E-state index contributed by atoms with van der Waals surface area (Å²) in [6, 6.07) is 16.4. The fraction of sp³-hybridized carbons (Fsp3) is 0.321. The number of aliphatic hydroxyl groups is 1. The molecule has 2 atom stereocenters. The van der Waals surface area contributed by atoms with E-state index in [4.69, 9.17) is 0 Å². The molecule has 0 saturated carbocycles. The number of rotatable bonds is 12. The monoisotopic (exact) mass is 530 g/mol. The van der Waals surface area contributed by atoms with Gasteiger partial charge in [-0.15, -0.1) is 0 Å². The quantitative estimate of drug-likeness (QED) is 0.333. The summed E-state index contributed by atoms with van der Waals surface area (Å²) in [6.07, 6.45) is 0.914. The van der Waals surface area contributed by atoms with Gasteiger partial charge in [-0.2, -0.15) is 0 Å². The summed E-state index contributed by atoms with van der Waals surface area (Å²) in [7, 11) is -3.29. The molecule has 0 radical (unpaired) electrons. The van der Waals surface area contributed by atoms with Gasteiger partial charge in [0.05, 0.1) is 17.9 Å². The van der Waals surface area contributed by atoms with E-state index in [1.165, 1.54) is 17.7 Å². The Hall–Kier alpha value is -3.14. The predicted molar refractivity (Wildman–Crippen MR) is 140 cm³/mol. The van der Waals surface area contributed by atoms with Crippen LogP contribution in [0.15, 0.2) is 66.7 Å². The average molecular weight is 531 g/mol. The van der Waals surface area contributed by atoms with E-state index < -0.39 is 39.5 Å². The molecule has 3 aromatic carbocycles. The number of carbonyl (C=O) groups excluding carboxylic acids is 1. The molecule has 0 aromatic heterocycles. The fourth-order valence-electron chi connectivity index (χ4n) is 4.09. The van der Waals surface area contributed by atoms with Crippen molar-refractivity contribution < 1.29 is 27.1 Å². The standard InChI is InChI=1S/C28H32F2N2O4S/c1-3-19-6-4-7-20(10-19)16-31-17-27(33)26(14-22-12-24(29)15-25(30)13-22)32-28(34)23-9-5-8-21(11-23)18-37(2,35)36/h4-13,15,26-27,31,33H,3,14,16-18H2,1-2H3,(H,32,34)/t26-,27-/m0/s1. The molecule has 9 heteroatoms. The molecule has 0 unspecified atom stereocenters. The van der Waals surface area contributed by atoms with E-state index >= 15 is 0 Å². The van der Waals surface area contributed by atoms with Crippen LogP contribution in [0.25, 0.3) is 0 Å². The zero-order valence-electron chi connectivity index (χ0n) is 20.9. The van der Waals surface area contributed by atoms with Gasteiger partial charge in [0.25, 0.3) is 5.91 Å². The minimum atomic E-state index is -3.29. The lowest BCUT2D eigenvalue weighted by molar-refractivity contribution is 0.0829. The van der Waals surface area contributed by atoms with Gasteiger partial charge in [-0.3, -0.25) is 4.79 Å². The Labute approximate surface area is 216 Å². The SMILES string of the molecule is CCc1cccc(CNC[C@H](O)[C@H](Cc2cc(F)cc(F)c2)NC(=O)c2cccc(CS(C)(=O)=O)c2)c1. The van der Waals surface area contributed by atoms with Gasteiger partial charge in [-0.05, 0) is 59.4 Å². The van der Waals surface area contributed by atoms with Gasteiger partial charge >= 0.3 is 0 Å². The van der Waals surface area contributed by atoms with Crippen LogP contribution in [-0.4, -0.2) is 44.4 Å². The van der Waals surface area contributed by atoms with Gasteiger partial charge in [0, 0.05) is 31.0 Å². The lowest BCUT2D eigenvalue weighted by Gasteiger charge is -2.25. The maximum atomic E-state index is 13.8. The maximum absolute atomic E-state index is 13.8. The third-order valence-electron chi connectivity index (χ3n) is 5.86. The predicted octanol–water partition coefficient (Wildman–Crippen LogP) is 3.56. The Morgan fingerprint density at radius 3 is 2.24 bits per heavy atom. The zero-order valence-corrected chi connectivity index (χ0v) is 21.7. The molecule has 0 spiro atoms. The zero-order chi connectivity index (χ0) is 27.0. The van der Waals surface area contributed by atoms with Crippen molar-refractivity contribution >= 4 is 15.7 Å². The van der Waals surface area contributed by atoms with Gasteiger partial charge < -0.3 is 15.7 Å². The van der Waals surface area contributed by atoms with Crippen LogP contribution in [-0.2, 0) is 35.0 Å². The average Bonchev–Trinajstić information content (AvgIpc) is 2.82. The number of amides is 1. The van der Waals surface area contributed by atoms with Crippen molar-refractivity contribution in [1.29, 1.82) is 0 Å². The molecule has 3 aromatic rings. The van der Waals surface area contributed by atoms with E-state index in [9.17, 15) is 27.1 Å². The van der Waals surface area contributed by atoms with Crippen molar-refractivity contribution in [3.05, 3.63) is 106 Å². The Balaban J connectivity index is 1.74. The Morgan fingerprint density at radius 1 is 0.919 bits per heavy atom. The normalized spacial score (nSPS) is 13.2. The lowest BCUT2D eigenvalue weighted by Crippen LogP contribution is -2.48. The number of carbonyl (C=O) groups is 1. The van der Waals surface area contributed by atoms with Gasteiger partial charge in [0.2, 0.25) is 0 Å². The first-order valence-electron chi connectivity index (χ1n) is 12.0. The Kier molecular flexibility index (Phi) is 9.91. The summed E-state index contributed by atoms with van der Waals surface area (Å²) < 4.78 is 50.9. The highest BCUT2D eigenvalue weighted by molar-refractivity contribution is 7.89. The van der Waals surface area contributed by atoms with Crippen molar-refractivity contribution in [3.8, 4) is 0 Å². The fourth-order valence-corrected chi connectivity index (χ4v) is 4.87. The van der Waals surface area contributed by atoms with Crippen LogP contribution in [0, 0.1) is 11.6 Å². The van der Waals surface area contributed by atoms with Gasteiger partial charge in [-0.25, -0.2) is 17.2 Å². The summed E-state index contributed by atoms with van der Waals surface area (Å²) in [5.41, 5.74) is 3.19. The summed E-state index contributed by atoms with van der Waals surface area (Å²) in [5.74, 6) is -2.26. The molecule has 3 N–H and O–H groups in total. The maximum Gasteiger partial charge on any atom is 0.251 e. The molecule has 0 aliphatic heterocycles. The molecule has 0 aliphatic rings. The smallest absolute Gasteiger partial charge is 0.251 e. The van der Waals surface area contributed by atoms with Crippen molar-refractivity contribution in [3.63, 3.8) is 0 Å². The van der Waals surface area contributed by atoms with E-state index in [0.717, 1.165) is 36.4 Å². The highest BCUT2D eigenvalue weighted by atomic mass is 32.2. The van der Waals surface area contributed by atoms with Crippen LogP contribution in [0.4, 0.5) is 8.78 Å². The second-order valence-electron chi connectivity index (χ2n) is 9.20. The summed E-state index contributed by atoms with van der Waals surface area (Å²) in [5, 5.41) is 16.9. The first-order valence-corrected chi connectivity index (χ1v) is 14.1. The number of hydrogen-bond acceptors (Lipinski definition) is 5. The van der Waals surface area contributed by atoms with Crippen molar-refractivity contribution in [1.82, 2.24) is 10.6 Å². The van der Waals surface area contributed by atoms with E-state index in [2.05, 4.69) is 23.6 Å². The number of benzene rings is 3. The number of sulfone groups is 1. The summed E-state index contributed by atoms with van der Waals surface area (Å²) in [4.78, 5) is 13.0. The summed E-state index contributed by atoms with van der Waals surface area (Å²) >= 11 is 0. The molecule has 3 rings (SSSR count). The highest BCUT2D eigenvalue weighted by Crippen LogP contribution is 2.14. The molecule has 0 heterocycles. The van der Waals surface area contributed by atoms with Crippen LogP contribution < -0.4 is 10.6 Å². The van der Waals surface area contributed by atoms with Crippen LogP contribution in [0.3, 0.4) is 0 Å². The van der Waals surface area contributed by atoms with Crippen LogP contribution >= 0.6 is 0 Å². The number of nitrogens with one attached hydrogen (secondary N) is 2. The molecule has 0 saturated heterocycles. The first kappa shape index (κ1) is 28.4. The second-order valence-corrected chi connectivity index (χ2v) is 11.3. The molecule has 37 heavy (non-hydrogen) atoms. The molecular formula is C28H32F2N2O4S. The third-order valence-corrected chi connectivity index (χ3v) is 6.72. The topological polar surface area (TPSA) is 95.5 Å². The van der Waals surface area contributed by atoms with E-state index in [1.54, 1.807) is 12.1 Å². The van der Waals surface area contributed by atoms with Crippen molar-refractivity contribution in [2.24, 2.45) is 0 Å². The molecular weight excluding hydrogens is 498 g/mol. The third kappa shape index (κ3) is 9.35. The van der Waals surface area contributed by atoms with E-state index in [0.29, 0.717) is 12.1 Å². The number of aliphatic hydroxyl groups excluding tert-OH is 1. The molecule has 6 nitrogen and oxygen atoms in total. The number of halogens is 2.